The molecule has 0 spiro atoms. The standard InChI is InChI=1S/C30H30F3NO5/c1-17-20(5-4-6-25(17)31)28-23(29(36)21-13-18(38-2)7-9-26(21)32)15-34(11-12-35)16-24(28)30(37)22-14-19(39-3)8-10-27(22)33/h4-10,13-14,23-24,28,35H,11-12,15-16H2,1-3H3/t23-,24-/m0/s1. The normalized spacial score (nSPS) is 18.1. The molecule has 39 heavy (non-hydrogen) atoms. The molecular weight excluding hydrogens is 511 g/mol. The number of hydrogen-bond donors (Lipinski definition) is 1. The summed E-state index contributed by atoms with van der Waals surface area (Å²) in [4.78, 5) is 29.7. The second-order valence-corrected chi connectivity index (χ2v) is 9.60. The van der Waals surface area contributed by atoms with Gasteiger partial charge in [-0.25, -0.2) is 13.2 Å². The van der Waals surface area contributed by atoms with E-state index in [1.807, 2.05) is 0 Å². The van der Waals surface area contributed by atoms with E-state index in [9.17, 15) is 27.9 Å². The van der Waals surface area contributed by atoms with Gasteiger partial charge in [0.25, 0.3) is 0 Å². The molecule has 1 aliphatic heterocycles. The first kappa shape index (κ1) is 28.3. The van der Waals surface area contributed by atoms with Crippen molar-refractivity contribution < 1.29 is 37.3 Å². The van der Waals surface area contributed by atoms with Gasteiger partial charge in [-0.3, -0.25) is 14.5 Å². The summed E-state index contributed by atoms with van der Waals surface area (Å²) in [6.45, 7) is 1.56. The Morgan fingerprint density at radius 2 is 1.36 bits per heavy atom. The lowest BCUT2D eigenvalue weighted by molar-refractivity contribution is 0.0524. The van der Waals surface area contributed by atoms with E-state index < -0.39 is 46.8 Å². The highest BCUT2D eigenvalue weighted by Crippen LogP contribution is 2.43. The van der Waals surface area contributed by atoms with E-state index in [1.165, 1.54) is 50.6 Å². The molecule has 3 aromatic rings. The molecular formula is C30H30F3NO5. The summed E-state index contributed by atoms with van der Waals surface area (Å²) in [6, 6.07) is 12.0. The SMILES string of the molecule is COc1ccc(F)c(C(=O)[C@H]2CN(CCO)C[C@H](C(=O)c3cc(OC)ccc3F)C2c2cccc(F)c2C)c1. The Balaban J connectivity index is 1.91. The van der Waals surface area contributed by atoms with Gasteiger partial charge in [0.2, 0.25) is 0 Å². The van der Waals surface area contributed by atoms with Crippen LogP contribution in [0.2, 0.25) is 0 Å². The van der Waals surface area contributed by atoms with Gasteiger partial charge in [-0.1, -0.05) is 12.1 Å². The highest BCUT2D eigenvalue weighted by molar-refractivity contribution is 6.02. The fraction of sp³-hybridized carbons (Fsp3) is 0.333. The van der Waals surface area contributed by atoms with Crippen molar-refractivity contribution in [3.05, 3.63) is 94.3 Å². The topological polar surface area (TPSA) is 76.1 Å². The van der Waals surface area contributed by atoms with E-state index in [2.05, 4.69) is 0 Å². The minimum absolute atomic E-state index is 0.0705. The van der Waals surface area contributed by atoms with Crippen molar-refractivity contribution in [1.82, 2.24) is 4.90 Å². The molecule has 0 saturated carbocycles. The Kier molecular flexibility index (Phi) is 8.72. The first-order valence-electron chi connectivity index (χ1n) is 12.5. The smallest absolute Gasteiger partial charge is 0.170 e. The molecule has 1 aliphatic rings. The molecule has 1 heterocycles. The summed E-state index contributed by atoms with van der Waals surface area (Å²) < 4.78 is 55.1. The number of β-amino-alcohol motifs (C(OH)–C–C–N with tert-alkyl or cyclic N) is 1. The van der Waals surface area contributed by atoms with Crippen LogP contribution in [0.15, 0.2) is 54.6 Å². The number of rotatable bonds is 9. The Morgan fingerprint density at radius 3 is 1.82 bits per heavy atom. The zero-order valence-electron chi connectivity index (χ0n) is 21.9. The van der Waals surface area contributed by atoms with Gasteiger partial charge in [0.05, 0.1) is 32.0 Å². The van der Waals surface area contributed by atoms with Crippen molar-refractivity contribution in [3.63, 3.8) is 0 Å². The molecule has 3 aromatic carbocycles. The van der Waals surface area contributed by atoms with Crippen molar-refractivity contribution in [1.29, 1.82) is 0 Å². The third-order valence-electron chi connectivity index (χ3n) is 7.41. The van der Waals surface area contributed by atoms with Gasteiger partial charge in [-0.2, -0.15) is 0 Å². The van der Waals surface area contributed by atoms with E-state index in [0.29, 0.717) is 5.56 Å². The largest absolute Gasteiger partial charge is 0.497 e. The predicted octanol–water partition coefficient (Wildman–Crippen LogP) is 4.82. The molecule has 1 saturated heterocycles. The number of carbonyl (C=O) groups excluding carboxylic acids is 2. The molecule has 1 fully saturated rings. The van der Waals surface area contributed by atoms with Crippen LogP contribution in [0.1, 0.15) is 37.8 Å². The number of halogens is 3. The highest BCUT2D eigenvalue weighted by atomic mass is 19.1. The highest BCUT2D eigenvalue weighted by Gasteiger charge is 2.46. The maximum atomic E-state index is 15.0. The van der Waals surface area contributed by atoms with Crippen LogP contribution < -0.4 is 9.47 Å². The molecule has 0 aromatic heterocycles. The third kappa shape index (κ3) is 5.69. The van der Waals surface area contributed by atoms with Crippen LogP contribution in [-0.2, 0) is 0 Å². The Labute approximate surface area is 225 Å². The number of hydrogen-bond acceptors (Lipinski definition) is 6. The van der Waals surface area contributed by atoms with Crippen molar-refractivity contribution in [3.8, 4) is 11.5 Å². The van der Waals surface area contributed by atoms with Crippen molar-refractivity contribution in [2.75, 3.05) is 40.5 Å². The molecule has 206 valence electrons. The lowest BCUT2D eigenvalue weighted by Gasteiger charge is -2.43. The first-order valence-corrected chi connectivity index (χ1v) is 12.5. The Bertz CT molecular complexity index is 1300. The zero-order valence-corrected chi connectivity index (χ0v) is 21.9. The second-order valence-electron chi connectivity index (χ2n) is 9.60. The molecule has 6 nitrogen and oxygen atoms in total. The number of aliphatic hydroxyl groups excluding tert-OH is 1. The van der Waals surface area contributed by atoms with Gasteiger partial charge >= 0.3 is 0 Å². The van der Waals surface area contributed by atoms with E-state index in [-0.39, 0.29) is 54.4 Å². The van der Waals surface area contributed by atoms with E-state index in [1.54, 1.807) is 17.9 Å². The summed E-state index contributed by atoms with van der Waals surface area (Å²) in [5, 5.41) is 9.68. The lowest BCUT2D eigenvalue weighted by atomic mass is 9.67. The van der Waals surface area contributed by atoms with E-state index in [4.69, 9.17) is 9.47 Å². The number of Topliss-reactive ketones (excluding diaryl/α,β-unsaturated/α-hetero) is 2. The van der Waals surface area contributed by atoms with Crippen LogP contribution in [0.3, 0.4) is 0 Å². The maximum absolute atomic E-state index is 15.0. The summed E-state index contributed by atoms with van der Waals surface area (Å²) >= 11 is 0. The van der Waals surface area contributed by atoms with Gasteiger partial charge in [0, 0.05) is 37.4 Å². The van der Waals surface area contributed by atoms with Crippen LogP contribution in [0, 0.1) is 36.2 Å². The monoisotopic (exact) mass is 541 g/mol. The van der Waals surface area contributed by atoms with Crippen LogP contribution in [0.5, 0.6) is 11.5 Å². The number of piperidine rings is 1. The average Bonchev–Trinajstić information content (AvgIpc) is 2.94. The van der Waals surface area contributed by atoms with Crippen LogP contribution >= 0.6 is 0 Å². The van der Waals surface area contributed by atoms with Gasteiger partial charge in [-0.15, -0.1) is 0 Å². The molecule has 4 rings (SSSR count). The van der Waals surface area contributed by atoms with E-state index >= 15 is 0 Å². The van der Waals surface area contributed by atoms with Crippen LogP contribution in [-0.4, -0.2) is 62.0 Å². The Morgan fingerprint density at radius 1 is 0.846 bits per heavy atom. The van der Waals surface area contributed by atoms with Crippen LogP contribution in [0.25, 0.3) is 0 Å². The van der Waals surface area contributed by atoms with Gasteiger partial charge < -0.3 is 14.6 Å². The number of likely N-dealkylation sites (tertiary alicyclic amines) is 1. The third-order valence-corrected chi connectivity index (χ3v) is 7.41. The van der Waals surface area contributed by atoms with E-state index in [0.717, 1.165) is 12.1 Å². The predicted molar refractivity (Wildman–Crippen MR) is 139 cm³/mol. The average molecular weight is 542 g/mol. The minimum atomic E-state index is -1.02. The number of aliphatic hydroxyl groups is 1. The van der Waals surface area contributed by atoms with Gasteiger partial charge in [0.1, 0.15) is 29.0 Å². The zero-order chi connectivity index (χ0) is 28.3. The maximum Gasteiger partial charge on any atom is 0.170 e. The van der Waals surface area contributed by atoms with Crippen molar-refractivity contribution >= 4 is 11.6 Å². The number of benzene rings is 3. The molecule has 1 N–H and O–H groups in total. The summed E-state index contributed by atoms with van der Waals surface area (Å²) in [7, 11) is 2.78. The van der Waals surface area contributed by atoms with Crippen LogP contribution in [0.4, 0.5) is 13.2 Å². The minimum Gasteiger partial charge on any atom is -0.497 e. The first-order chi connectivity index (χ1) is 18.7. The van der Waals surface area contributed by atoms with Crippen molar-refractivity contribution in [2.24, 2.45) is 11.8 Å². The lowest BCUT2D eigenvalue weighted by Crippen LogP contribution is -2.51. The quantitative estimate of drug-likeness (QED) is 0.392. The van der Waals surface area contributed by atoms with Gasteiger partial charge in [0.15, 0.2) is 11.6 Å². The number of ketones is 2. The number of nitrogens with zero attached hydrogens (tertiary/aromatic N) is 1. The molecule has 0 bridgehead atoms. The second kappa shape index (κ2) is 12.0. The summed E-state index contributed by atoms with van der Waals surface area (Å²) in [6.07, 6.45) is 0. The molecule has 9 heteroatoms. The number of methoxy groups -OCH3 is 2. The summed E-state index contributed by atoms with van der Waals surface area (Å²) in [5.41, 5.74) is 0.180. The fourth-order valence-electron chi connectivity index (χ4n) is 5.41. The summed E-state index contributed by atoms with van der Waals surface area (Å²) in [5.74, 6) is -5.68. The number of carbonyl (C=O) groups is 2. The molecule has 2 atom stereocenters. The Hall–Kier alpha value is -3.69. The molecule has 0 aliphatic carbocycles. The van der Waals surface area contributed by atoms with Gasteiger partial charge in [-0.05, 0) is 60.5 Å². The molecule has 0 amide bonds. The fourth-order valence-corrected chi connectivity index (χ4v) is 5.41. The van der Waals surface area contributed by atoms with Crippen molar-refractivity contribution in [2.45, 2.75) is 12.8 Å². The molecule has 0 radical (unpaired) electrons. The number of ether oxygens (including phenoxy) is 2. The molecule has 0 unspecified atom stereocenters.